The second-order valence-corrected chi connectivity index (χ2v) is 2.34. The summed E-state index contributed by atoms with van der Waals surface area (Å²) in [6.07, 6.45) is 3.96. The van der Waals surface area contributed by atoms with E-state index in [-0.39, 0.29) is 5.82 Å². The Hall–Kier alpha value is -2.31. The van der Waals surface area contributed by atoms with E-state index in [1.807, 2.05) is 0 Å². The highest BCUT2D eigenvalue weighted by Crippen LogP contribution is 2.02. The number of nitrogens with one attached hydrogen (secondary N) is 1. The molecule has 0 aliphatic heterocycles. The summed E-state index contributed by atoms with van der Waals surface area (Å²) in [5.41, 5.74) is 0.523. The van der Waals surface area contributed by atoms with Gasteiger partial charge in [0.15, 0.2) is 0 Å². The first-order valence-corrected chi connectivity index (χ1v) is 3.70. The average Bonchev–Trinajstić information content (AvgIpc) is 2.72. The number of carbonyl (C=O) groups excluding carboxylic acids is 1. The van der Waals surface area contributed by atoms with Gasteiger partial charge >= 0.3 is 0 Å². The Morgan fingerprint density at radius 2 is 2.36 bits per heavy atom. The van der Waals surface area contributed by atoms with Gasteiger partial charge in [0, 0.05) is 0 Å². The largest absolute Gasteiger partial charge is 0.342 e. The monoisotopic (exact) mass is 191 g/mol. The van der Waals surface area contributed by atoms with Crippen LogP contribution in [0.4, 0.5) is 5.69 Å². The molecule has 0 atom stereocenters. The molecular weight excluding hydrogens is 186 g/mol. The molecule has 7 heteroatoms. The molecule has 0 bridgehead atoms. The first-order valence-electron chi connectivity index (χ1n) is 3.70. The fourth-order valence-corrected chi connectivity index (χ4v) is 0.822. The SMILES string of the molecule is O=C(Nc1ccnnc1)c1ncon1. The minimum Gasteiger partial charge on any atom is -0.342 e. The Labute approximate surface area is 78.2 Å². The van der Waals surface area contributed by atoms with Gasteiger partial charge in [-0.1, -0.05) is 5.16 Å². The minimum absolute atomic E-state index is 0.0261. The molecule has 1 N–H and O–H groups in total. The third-order valence-corrected chi connectivity index (χ3v) is 1.41. The van der Waals surface area contributed by atoms with Gasteiger partial charge < -0.3 is 9.84 Å². The van der Waals surface area contributed by atoms with Crippen molar-refractivity contribution in [1.29, 1.82) is 0 Å². The zero-order valence-corrected chi connectivity index (χ0v) is 6.91. The molecule has 70 valence electrons. The van der Waals surface area contributed by atoms with Crippen LogP contribution in [0, 0.1) is 0 Å². The molecule has 1 amide bonds. The fraction of sp³-hybridized carbons (Fsp3) is 0. The van der Waals surface area contributed by atoms with Crippen molar-refractivity contribution in [2.45, 2.75) is 0 Å². The van der Waals surface area contributed by atoms with E-state index < -0.39 is 5.91 Å². The van der Waals surface area contributed by atoms with Crippen LogP contribution in [0.15, 0.2) is 29.4 Å². The van der Waals surface area contributed by atoms with E-state index in [2.05, 4.69) is 30.2 Å². The lowest BCUT2D eigenvalue weighted by atomic mass is 10.4. The van der Waals surface area contributed by atoms with Crippen LogP contribution in [0.25, 0.3) is 0 Å². The van der Waals surface area contributed by atoms with E-state index in [0.717, 1.165) is 6.39 Å². The van der Waals surface area contributed by atoms with Crippen LogP contribution in [0.2, 0.25) is 0 Å². The molecule has 2 aromatic rings. The Kier molecular flexibility index (Phi) is 2.14. The first-order chi connectivity index (χ1) is 6.86. The summed E-state index contributed by atoms with van der Waals surface area (Å²) in [4.78, 5) is 14.9. The number of amides is 1. The molecule has 0 spiro atoms. The normalized spacial score (nSPS) is 9.71. The molecule has 7 nitrogen and oxygen atoms in total. The zero-order valence-electron chi connectivity index (χ0n) is 6.91. The molecule has 0 unspecified atom stereocenters. The number of carbonyl (C=O) groups is 1. The topological polar surface area (TPSA) is 93.8 Å². The second-order valence-electron chi connectivity index (χ2n) is 2.34. The number of rotatable bonds is 2. The van der Waals surface area contributed by atoms with Gasteiger partial charge in [0.2, 0.25) is 6.39 Å². The summed E-state index contributed by atoms with van der Waals surface area (Å²) >= 11 is 0. The van der Waals surface area contributed by atoms with Crippen molar-refractivity contribution < 1.29 is 9.32 Å². The summed E-state index contributed by atoms with van der Waals surface area (Å²) < 4.78 is 4.42. The van der Waals surface area contributed by atoms with Crippen LogP contribution < -0.4 is 5.32 Å². The fourth-order valence-electron chi connectivity index (χ4n) is 0.822. The van der Waals surface area contributed by atoms with Crippen molar-refractivity contribution in [1.82, 2.24) is 20.3 Å². The predicted molar refractivity (Wildman–Crippen MR) is 44.3 cm³/mol. The number of hydrogen-bond donors (Lipinski definition) is 1. The quantitative estimate of drug-likeness (QED) is 0.724. The third-order valence-electron chi connectivity index (χ3n) is 1.41. The van der Waals surface area contributed by atoms with Gasteiger partial charge in [0.25, 0.3) is 11.7 Å². The Morgan fingerprint density at radius 1 is 1.43 bits per heavy atom. The number of aromatic nitrogens is 4. The van der Waals surface area contributed by atoms with Gasteiger partial charge in [0.1, 0.15) is 0 Å². The molecule has 2 rings (SSSR count). The van der Waals surface area contributed by atoms with Crippen LogP contribution in [-0.2, 0) is 0 Å². The van der Waals surface area contributed by atoms with Gasteiger partial charge in [-0.3, -0.25) is 4.79 Å². The second kappa shape index (κ2) is 3.60. The van der Waals surface area contributed by atoms with E-state index in [4.69, 9.17) is 0 Å². The first kappa shape index (κ1) is 8.30. The third kappa shape index (κ3) is 1.71. The summed E-state index contributed by atoms with van der Waals surface area (Å²) in [7, 11) is 0. The van der Waals surface area contributed by atoms with E-state index in [1.165, 1.54) is 12.4 Å². The van der Waals surface area contributed by atoms with Gasteiger partial charge in [-0.25, -0.2) is 0 Å². The van der Waals surface area contributed by atoms with E-state index in [0.29, 0.717) is 5.69 Å². The minimum atomic E-state index is -0.452. The van der Waals surface area contributed by atoms with Gasteiger partial charge in [-0.2, -0.15) is 15.2 Å². The Morgan fingerprint density at radius 3 is 3.00 bits per heavy atom. The maximum Gasteiger partial charge on any atom is 0.297 e. The molecule has 0 radical (unpaired) electrons. The summed E-state index contributed by atoms with van der Waals surface area (Å²) in [5, 5.41) is 13.1. The summed E-state index contributed by atoms with van der Waals surface area (Å²) in [6.45, 7) is 0. The highest BCUT2D eigenvalue weighted by Gasteiger charge is 2.10. The van der Waals surface area contributed by atoms with E-state index in [1.54, 1.807) is 6.07 Å². The van der Waals surface area contributed by atoms with Crippen LogP contribution in [0.5, 0.6) is 0 Å². The molecule has 0 fully saturated rings. The standard InChI is InChI=1S/C7H5N5O2/c13-7(6-8-4-14-12-6)11-5-1-2-9-10-3-5/h1-4H,(H,9,11,13). The molecule has 0 saturated carbocycles. The van der Waals surface area contributed by atoms with E-state index >= 15 is 0 Å². The summed E-state index contributed by atoms with van der Waals surface area (Å²) in [5.74, 6) is -0.478. The van der Waals surface area contributed by atoms with Crippen molar-refractivity contribution >= 4 is 11.6 Å². The highest BCUT2D eigenvalue weighted by molar-refractivity contribution is 6.01. The smallest absolute Gasteiger partial charge is 0.297 e. The van der Waals surface area contributed by atoms with Gasteiger partial charge in [0.05, 0.1) is 18.1 Å². The maximum absolute atomic E-state index is 11.3. The highest BCUT2D eigenvalue weighted by atomic mass is 16.5. The number of nitrogens with zero attached hydrogens (tertiary/aromatic N) is 4. The molecule has 2 heterocycles. The predicted octanol–water partition coefficient (Wildman–Crippen LogP) is 0.112. The van der Waals surface area contributed by atoms with Gasteiger partial charge in [-0.05, 0) is 6.07 Å². The Balaban J connectivity index is 2.10. The molecule has 0 aliphatic carbocycles. The van der Waals surface area contributed by atoms with Crippen molar-refractivity contribution in [3.8, 4) is 0 Å². The molecule has 0 saturated heterocycles. The molecule has 0 aliphatic rings. The van der Waals surface area contributed by atoms with Crippen molar-refractivity contribution in [2.75, 3.05) is 5.32 Å². The number of anilines is 1. The van der Waals surface area contributed by atoms with Crippen molar-refractivity contribution in [3.05, 3.63) is 30.7 Å². The van der Waals surface area contributed by atoms with Crippen LogP contribution in [0.1, 0.15) is 10.6 Å². The van der Waals surface area contributed by atoms with Crippen LogP contribution >= 0.6 is 0 Å². The van der Waals surface area contributed by atoms with E-state index in [9.17, 15) is 4.79 Å². The van der Waals surface area contributed by atoms with Crippen LogP contribution in [0.3, 0.4) is 0 Å². The Bertz CT molecular complexity index is 413. The summed E-state index contributed by atoms with van der Waals surface area (Å²) in [6, 6.07) is 1.60. The van der Waals surface area contributed by atoms with Crippen LogP contribution in [-0.4, -0.2) is 26.2 Å². The lowest BCUT2D eigenvalue weighted by Gasteiger charge is -1.98. The lowest BCUT2D eigenvalue weighted by Crippen LogP contribution is -2.13. The number of hydrogen-bond acceptors (Lipinski definition) is 6. The molecular formula is C7H5N5O2. The van der Waals surface area contributed by atoms with Crippen molar-refractivity contribution in [3.63, 3.8) is 0 Å². The van der Waals surface area contributed by atoms with Gasteiger partial charge in [-0.15, -0.1) is 0 Å². The molecule has 0 aromatic carbocycles. The van der Waals surface area contributed by atoms with Crippen molar-refractivity contribution in [2.24, 2.45) is 0 Å². The lowest BCUT2D eigenvalue weighted by molar-refractivity contribution is 0.101. The molecule has 14 heavy (non-hydrogen) atoms. The maximum atomic E-state index is 11.3. The molecule has 2 aromatic heterocycles. The average molecular weight is 191 g/mol. The zero-order chi connectivity index (χ0) is 9.80.